The lowest BCUT2D eigenvalue weighted by molar-refractivity contribution is 0.826. The van der Waals surface area contributed by atoms with Gasteiger partial charge in [-0.3, -0.25) is 0 Å². The van der Waals surface area contributed by atoms with Gasteiger partial charge in [-0.25, -0.2) is 0 Å². The Bertz CT molecular complexity index is 310. The van der Waals surface area contributed by atoms with Crippen LogP contribution in [-0.4, -0.2) is 0 Å². The van der Waals surface area contributed by atoms with Crippen molar-refractivity contribution in [2.45, 2.75) is 12.9 Å². The van der Waals surface area contributed by atoms with E-state index in [4.69, 9.17) is 0 Å². The monoisotopic (exact) mass is 430 g/mol. The zero-order chi connectivity index (χ0) is 9.69. The topological polar surface area (TPSA) is 0 Å². The number of hydrogen-bond acceptors (Lipinski definition) is 0. The molecule has 0 heterocycles. The molecule has 70 valence electrons. The zero-order valence-corrected chi connectivity index (χ0v) is 12.9. The van der Waals surface area contributed by atoms with Crippen molar-refractivity contribution in [1.29, 1.82) is 0 Å². The normalized spacial score (nSPS) is 22.8. The van der Waals surface area contributed by atoms with Gasteiger partial charge >= 0.3 is 0 Å². The maximum absolute atomic E-state index is 3.67. The van der Waals surface area contributed by atoms with Crippen molar-refractivity contribution in [3.05, 3.63) is 35.4 Å². The van der Waals surface area contributed by atoms with Crippen LogP contribution in [0.25, 0.3) is 0 Å². The van der Waals surface area contributed by atoms with Crippen LogP contribution < -0.4 is 0 Å². The lowest BCUT2D eigenvalue weighted by Gasteiger charge is -2.16. The van der Waals surface area contributed by atoms with Crippen molar-refractivity contribution >= 4 is 63.7 Å². The second-order valence-corrected chi connectivity index (χ2v) is 10.7. The molecule has 0 fully saturated rings. The third-order valence-electron chi connectivity index (χ3n) is 2.16. The van der Waals surface area contributed by atoms with Gasteiger partial charge in [0.05, 0.1) is 0 Å². The Morgan fingerprint density at radius 1 is 0.846 bits per heavy atom. The molecule has 1 aliphatic rings. The minimum absolute atomic E-state index is 0.108. The van der Waals surface area contributed by atoms with Crippen LogP contribution in [0, 0.1) is 0 Å². The SMILES string of the molecule is BrC1(Br)CC(Br)(Br)c2ccccc21. The molecule has 2 rings (SSSR count). The van der Waals surface area contributed by atoms with Crippen molar-refractivity contribution in [1.82, 2.24) is 0 Å². The average Bonchev–Trinajstić information content (AvgIpc) is 2.20. The Morgan fingerprint density at radius 3 is 1.62 bits per heavy atom. The fourth-order valence-electron chi connectivity index (χ4n) is 1.59. The van der Waals surface area contributed by atoms with Crippen LogP contribution in [0.15, 0.2) is 24.3 Å². The molecule has 0 nitrogen and oxygen atoms in total. The van der Waals surface area contributed by atoms with E-state index in [1.165, 1.54) is 11.1 Å². The zero-order valence-electron chi connectivity index (χ0n) is 6.53. The standard InChI is InChI=1S/C9H6Br4/c10-8(11)5-9(12,13)7-4-2-1-3-6(7)8/h1-4H,5H2. The molecule has 1 aromatic carbocycles. The predicted molar refractivity (Wildman–Crippen MR) is 70.1 cm³/mol. The summed E-state index contributed by atoms with van der Waals surface area (Å²) in [5, 5.41) is 0. The van der Waals surface area contributed by atoms with Gasteiger partial charge in [0.15, 0.2) is 0 Å². The van der Waals surface area contributed by atoms with Gasteiger partial charge in [-0.1, -0.05) is 88.0 Å². The van der Waals surface area contributed by atoms with E-state index < -0.39 is 0 Å². The number of alkyl halides is 4. The lowest BCUT2D eigenvalue weighted by atomic mass is 10.1. The number of halogens is 4. The van der Waals surface area contributed by atoms with Crippen LogP contribution in [-0.2, 0) is 6.47 Å². The molecule has 0 saturated heterocycles. The number of rotatable bonds is 0. The highest BCUT2D eigenvalue weighted by Gasteiger charge is 2.47. The molecule has 0 N–H and O–H groups in total. The van der Waals surface area contributed by atoms with Gasteiger partial charge in [0, 0.05) is 6.42 Å². The maximum Gasteiger partial charge on any atom is 0.108 e. The average molecular weight is 434 g/mol. The van der Waals surface area contributed by atoms with Gasteiger partial charge in [0.1, 0.15) is 6.47 Å². The van der Waals surface area contributed by atoms with Gasteiger partial charge < -0.3 is 0 Å². The van der Waals surface area contributed by atoms with Crippen LogP contribution in [0.3, 0.4) is 0 Å². The molecule has 0 aromatic heterocycles. The van der Waals surface area contributed by atoms with Gasteiger partial charge in [-0.2, -0.15) is 0 Å². The summed E-state index contributed by atoms with van der Waals surface area (Å²) in [5.41, 5.74) is 2.56. The molecule has 1 aliphatic carbocycles. The Labute approximate surface area is 111 Å². The third-order valence-corrected chi connectivity index (χ3v) is 4.99. The van der Waals surface area contributed by atoms with Crippen LogP contribution >= 0.6 is 63.7 Å². The highest BCUT2D eigenvalue weighted by Crippen LogP contribution is 2.61. The molecular weight excluding hydrogens is 428 g/mol. The number of hydrogen-bond donors (Lipinski definition) is 0. The minimum Gasteiger partial charge on any atom is -0.0673 e. The van der Waals surface area contributed by atoms with Gasteiger partial charge in [0.25, 0.3) is 0 Å². The molecule has 0 spiro atoms. The highest BCUT2D eigenvalue weighted by molar-refractivity contribution is 9.26. The summed E-state index contributed by atoms with van der Waals surface area (Å²) >= 11 is 14.7. The summed E-state index contributed by atoms with van der Waals surface area (Å²) in [4.78, 5) is 0. The van der Waals surface area contributed by atoms with E-state index in [1.54, 1.807) is 0 Å². The van der Waals surface area contributed by atoms with Crippen molar-refractivity contribution in [3.8, 4) is 0 Å². The van der Waals surface area contributed by atoms with Gasteiger partial charge in [-0.15, -0.1) is 0 Å². The highest BCUT2D eigenvalue weighted by atomic mass is 79.9. The molecule has 0 saturated carbocycles. The van der Waals surface area contributed by atoms with E-state index in [0.717, 1.165) is 6.42 Å². The summed E-state index contributed by atoms with van der Waals surface area (Å²) in [7, 11) is 0. The van der Waals surface area contributed by atoms with Crippen molar-refractivity contribution in [2.75, 3.05) is 0 Å². The quantitative estimate of drug-likeness (QED) is 0.507. The summed E-state index contributed by atoms with van der Waals surface area (Å²) < 4.78 is -0.215. The Balaban J connectivity index is 2.64. The molecule has 0 unspecified atom stereocenters. The van der Waals surface area contributed by atoms with Crippen LogP contribution in [0.5, 0.6) is 0 Å². The van der Waals surface area contributed by atoms with Crippen LogP contribution in [0.1, 0.15) is 17.5 Å². The molecule has 1 aromatic rings. The minimum atomic E-state index is -0.108. The predicted octanol–water partition coefficient (Wildman–Crippen LogP) is 4.98. The Hall–Kier alpha value is 1.14. The summed E-state index contributed by atoms with van der Waals surface area (Å²) in [6, 6.07) is 8.36. The molecule has 0 atom stereocenters. The third kappa shape index (κ3) is 1.80. The lowest BCUT2D eigenvalue weighted by Crippen LogP contribution is -2.06. The van der Waals surface area contributed by atoms with Crippen molar-refractivity contribution in [2.24, 2.45) is 0 Å². The second-order valence-electron chi connectivity index (χ2n) is 3.13. The van der Waals surface area contributed by atoms with Gasteiger partial charge in [-0.05, 0) is 11.1 Å². The first-order chi connectivity index (χ1) is 5.93. The van der Waals surface area contributed by atoms with Crippen molar-refractivity contribution in [3.63, 3.8) is 0 Å². The largest absolute Gasteiger partial charge is 0.108 e. The first-order valence-corrected chi connectivity index (χ1v) is 6.96. The number of fused-ring (bicyclic) bond motifs is 1. The summed E-state index contributed by atoms with van der Waals surface area (Å²) in [6.07, 6.45) is 0.930. The van der Waals surface area contributed by atoms with Crippen LogP contribution in [0.2, 0.25) is 0 Å². The van der Waals surface area contributed by atoms with E-state index in [0.29, 0.717) is 0 Å². The molecule has 0 bridgehead atoms. The molecule has 4 heteroatoms. The fourth-order valence-corrected chi connectivity index (χ4v) is 6.16. The molecule has 0 amide bonds. The first-order valence-electron chi connectivity index (χ1n) is 3.79. The van der Waals surface area contributed by atoms with E-state index in [9.17, 15) is 0 Å². The van der Waals surface area contributed by atoms with E-state index >= 15 is 0 Å². The second kappa shape index (κ2) is 3.32. The van der Waals surface area contributed by atoms with E-state index in [-0.39, 0.29) is 6.47 Å². The molecule has 13 heavy (non-hydrogen) atoms. The summed E-state index contributed by atoms with van der Waals surface area (Å²) in [5.74, 6) is 0. The Morgan fingerprint density at radius 2 is 1.23 bits per heavy atom. The summed E-state index contributed by atoms with van der Waals surface area (Å²) in [6.45, 7) is 0. The molecule has 0 radical (unpaired) electrons. The molecule has 0 aliphatic heterocycles. The smallest absolute Gasteiger partial charge is 0.0673 e. The fraction of sp³-hybridized carbons (Fsp3) is 0.333. The number of benzene rings is 1. The van der Waals surface area contributed by atoms with Crippen LogP contribution in [0.4, 0.5) is 0 Å². The van der Waals surface area contributed by atoms with E-state index in [2.05, 4.69) is 88.0 Å². The van der Waals surface area contributed by atoms with Gasteiger partial charge in [0.2, 0.25) is 0 Å². The van der Waals surface area contributed by atoms with Crippen molar-refractivity contribution < 1.29 is 0 Å². The first kappa shape index (κ1) is 10.7. The maximum atomic E-state index is 3.67. The van der Waals surface area contributed by atoms with E-state index in [1.807, 2.05) is 0 Å². The Kier molecular flexibility index (Phi) is 2.72. The molecular formula is C9H6Br4.